The predicted octanol–water partition coefficient (Wildman–Crippen LogP) is 5.81. The van der Waals surface area contributed by atoms with Crippen molar-refractivity contribution in [2.75, 3.05) is 11.9 Å². The summed E-state index contributed by atoms with van der Waals surface area (Å²) in [5.41, 5.74) is 8.07. The van der Waals surface area contributed by atoms with Gasteiger partial charge in [0.1, 0.15) is 5.75 Å². The van der Waals surface area contributed by atoms with Crippen LogP contribution in [0, 0.1) is 27.7 Å². The highest BCUT2D eigenvalue weighted by Gasteiger charge is 2.41. The van der Waals surface area contributed by atoms with E-state index in [1.807, 2.05) is 62.4 Å². The number of hydrogen-bond acceptors (Lipinski definition) is 4. The summed E-state index contributed by atoms with van der Waals surface area (Å²) < 4.78 is 2.18. The van der Waals surface area contributed by atoms with Crippen molar-refractivity contribution in [3.05, 3.63) is 107 Å². The van der Waals surface area contributed by atoms with Crippen molar-refractivity contribution in [2.24, 2.45) is 0 Å². The van der Waals surface area contributed by atoms with Crippen LogP contribution in [0.3, 0.4) is 0 Å². The summed E-state index contributed by atoms with van der Waals surface area (Å²) in [5.74, 6) is 0.174. The number of aromatic hydroxyl groups is 1. The van der Waals surface area contributed by atoms with E-state index < -0.39 is 0 Å². The fraction of sp³-hybridized carbons (Fsp3) is 0.258. The summed E-state index contributed by atoms with van der Waals surface area (Å²) in [4.78, 5) is 19.8. The first-order valence-electron chi connectivity index (χ1n) is 13.1. The first-order valence-corrected chi connectivity index (χ1v) is 13.5. The highest BCUT2D eigenvalue weighted by molar-refractivity contribution is 7.80. The fourth-order valence-electron chi connectivity index (χ4n) is 5.38. The molecular weight excluding hydrogens is 506 g/mol. The van der Waals surface area contributed by atoms with E-state index in [0.29, 0.717) is 11.7 Å². The molecule has 0 bridgehead atoms. The van der Waals surface area contributed by atoms with Crippen molar-refractivity contribution in [3.63, 3.8) is 0 Å². The van der Waals surface area contributed by atoms with Crippen LogP contribution in [0.5, 0.6) is 5.75 Å². The summed E-state index contributed by atoms with van der Waals surface area (Å²) in [6.07, 6.45) is 2.08. The molecule has 0 spiro atoms. The minimum absolute atomic E-state index is 0.0545. The Bertz CT molecular complexity index is 1510. The second kappa shape index (κ2) is 10.9. The number of nitrogens with one attached hydrogen (secondary N) is 2. The highest BCUT2D eigenvalue weighted by Crippen LogP contribution is 2.41. The third-order valence-corrected chi connectivity index (χ3v) is 7.69. The van der Waals surface area contributed by atoms with Crippen LogP contribution in [0.1, 0.15) is 52.3 Å². The van der Waals surface area contributed by atoms with Crippen molar-refractivity contribution in [1.82, 2.24) is 19.8 Å². The van der Waals surface area contributed by atoms with Gasteiger partial charge in [-0.15, -0.1) is 0 Å². The molecule has 0 radical (unpaired) electrons. The number of rotatable bonds is 7. The molecule has 8 heteroatoms. The smallest absolute Gasteiger partial charge is 0.226 e. The summed E-state index contributed by atoms with van der Waals surface area (Å²) in [6.45, 7) is 8.63. The number of phenols is 1. The Labute approximate surface area is 234 Å². The number of carbonyl (C=O) groups excluding carboxylic acids is 1. The zero-order chi connectivity index (χ0) is 27.7. The van der Waals surface area contributed by atoms with Crippen LogP contribution in [0.25, 0.3) is 5.69 Å². The molecule has 7 nitrogen and oxygen atoms in total. The van der Waals surface area contributed by atoms with E-state index in [9.17, 15) is 9.90 Å². The molecular formula is C31H33N5O2S. The first-order chi connectivity index (χ1) is 18.7. The van der Waals surface area contributed by atoms with Crippen LogP contribution in [0.4, 0.5) is 5.69 Å². The number of hydrogen-bond donors (Lipinski definition) is 3. The van der Waals surface area contributed by atoms with Gasteiger partial charge in [0.15, 0.2) is 5.11 Å². The largest absolute Gasteiger partial charge is 0.508 e. The molecule has 5 rings (SSSR count). The maximum Gasteiger partial charge on any atom is 0.226 e. The Morgan fingerprint density at radius 3 is 2.54 bits per heavy atom. The van der Waals surface area contributed by atoms with Crippen molar-refractivity contribution in [1.29, 1.82) is 0 Å². The third-order valence-electron chi connectivity index (χ3n) is 7.34. The molecule has 0 unspecified atom stereocenters. The zero-order valence-corrected chi connectivity index (χ0v) is 23.4. The molecule has 1 aliphatic heterocycles. The molecule has 0 aliphatic carbocycles. The van der Waals surface area contributed by atoms with Gasteiger partial charge in [-0.05, 0) is 105 Å². The first kappa shape index (κ1) is 26.4. The summed E-state index contributed by atoms with van der Waals surface area (Å²) in [7, 11) is 0. The van der Waals surface area contributed by atoms with Gasteiger partial charge in [-0.1, -0.05) is 18.2 Å². The number of anilines is 1. The fourth-order valence-corrected chi connectivity index (χ4v) is 5.71. The van der Waals surface area contributed by atoms with Gasteiger partial charge < -0.3 is 25.2 Å². The molecule has 1 aliphatic rings. The predicted molar refractivity (Wildman–Crippen MR) is 158 cm³/mol. The Hall–Kier alpha value is -4.17. The number of aryl methyl sites for hydroxylation is 3. The van der Waals surface area contributed by atoms with Crippen LogP contribution in [0.15, 0.2) is 72.9 Å². The molecule has 1 amide bonds. The van der Waals surface area contributed by atoms with E-state index in [1.54, 1.807) is 18.3 Å². The topological polar surface area (TPSA) is 82.4 Å². The van der Waals surface area contributed by atoms with E-state index in [-0.39, 0.29) is 30.2 Å². The number of nitrogens with zero attached hydrogens (tertiary/aromatic N) is 3. The second-order valence-electron chi connectivity index (χ2n) is 10.1. The van der Waals surface area contributed by atoms with Crippen LogP contribution in [0.2, 0.25) is 0 Å². The lowest BCUT2D eigenvalue weighted by Crippen LogP contribution is -2.33. The van der Waals surface area contributed by atoms with Crippen LogP contribution in [-0.2, 0) is 4.79 Å². The summed E-state index contributed by atoms with van der Waals surface area (Å²) >= 11 is 5.83. The molecule has 0 saturated carbocycles. The van der Waals surface area contributed by atoms with E-state index in [0.717, 1.165) is 45.1 Å². The number of pyridine rings is 1. The number of carbonyl (C=O) groups is 1. The molecule has 1 saturated heterocycles. The second-order valence-corrected chi connectivity index (χ2v) is 10.5. The molecule has 3 N–H and O–H groups in total. The maximum atomic E-state index is 13.0. The highest BCUT2D eigenvalue weighted by atomic mass is 32.1. The Morgan fingerprint density at radius 2 is 1.82 bits per heavy atom. The van der Waals surface area contributed by atoms with E-state index in [1.165, 1.54) is 0 Å². The normalized spacial score (nSPS) is 16.8. The lowest BCUT2D eigenvalue weighted by molar-refractivity contribution is -0.116. The standard InChI is InChI=1S/C31H33N5O2S/c1-19-8-9-20(2)27(17-19)33-28(38)14-16-35-30(29(34-31(35)39)26-7-5-6-15-32-26)25-18-21(3)36(22(25)4)23-10-12-24(37)13-11-23/h5-13,15,17-18,29-30,37H,14,16H2,1-4H3,(H,33,38)(H,34,39)/t29-,30+/m1/s1. The Balaban J connectivity index is 1.46. The van der Waals surface area contributed by atoms with Gasteiger partial charge in [0.25, 0.3) is 0 Å². The van der Waals surface area contributed by atoms with Crippen molar-refractivity contribution in [2.45, 2.75) is 46.2 Å². The average molecular weight is 540 g/mol. The summed E-state index contributed by atoms with van der Waals surface area (Å²) in [5, 5.41) is 16.9. The molecule has 1 fully saturated rings. The molecule has 2 aromatic carbocycles. The van der Waals surface area contributed by atoms with Crippen molar-refractivity contribution in [3.8, 4) is 11.4 Å². The maximum absolute atomic E-state index is 13.0. The van der Waals surface area contributed by atoms with Crippen molar-refractivity contribution >= 4 is 28.9 Å². The number of benzene rings is 2. The van der Waals surface area contributed by atoms with Gasteiger partial charge >= 0.3 is 0 Å². The number of aromatic nitrogens is 2. The SMILES string of the molecule is Cc1ccc(C)c(NC(=O)CCN2C(=S)N[C@H](c3ccccn3)[C@@H]2c2cc(C)n(-c3ccc(O)cc3)c2C)c1. The number of phenolic OH excluding ortho intramolecular Hbond substituents is 1. The third kappa shape index (κ3) is 5.38. The van der Waals surface area contributed by atoms with E-state index >= 15 is 0 Å². The quantitative estimate of drug-likeness (QED) is 0.257. The number of thiocarbonyl (C=S) groups is 1. The summed E-state index contributed by atoms with van der Waals surface area (Å²) in [6, 6.07) is 21.0. The van der Waals surface area contributed by atoms with Crippen LogP contribution >= 0.6 is 12.2 Å². The minimum atomic E-state index is -0.172. The van der Waals surface area contributed by atoms with Crippen molar-refractivity contribution < 1.29 is 9.90 Å². The molecule has 39 heavy (non-hydrogen) atoms. The van der Waals surface area contributed by atoms with Crippen LogP contribution < -0.4 is 10.6 Å². The van der Waals surface area contributed by atoms with Gasteiger partial charge in [-0.2, -0.15) is 0 Å². The molecule has 2 atom stereocenters. The Morgan fingerprint density at radius 1 is 1.05 bits per heavy atom. The minimum Gasteiger partial charge on any atom is -0.508 e. The molecule has 3 heterocycles. The van der Waals surface area contributed by atoms with Gasteiger partial charge in [0.2, 0.25) is 5.91 Å². The monoisotopic (exact) mass is 539 g/mol. The average Bonchev–Trinajstić information content (AvgIpc) is 3.40. The van der Waals surface area contributed by atoms with E-state index in [4.69, 9.17) is 12.2 Å². The van der Waals surface area contributed by atoms with Gasteiger partial charge in [-0.3, -0.25) is 9.78 Å². The molecule has 200 valence electrons. The lowest BCUT2D eigenvalue weighted by atomic mass is 9.96. The zero-order valence-electron chi connectivity index (χ0n) is 22.6. The van der Waals surface area contributed by atoms with Crippen LogP contribution in [-0.4, -0.2) is 37.1 Å². The molecule has 4 aromatic rings. The Kier molecular flexibility index (Phi) is 7.39. The van der Waals surface area contributed by atoms with Gasteiger partial charge in [0.05, 0.1) is 17.8 Å². The number of amides is 1. The van der Waals surface area contributed by atoms with E-state index in [2.05, 4.69) is 45.0 Å². The molecule has 2 aromatic heterocycles. The van der Waals surface area contributed by atoms with Gasteiger partial charge in [0, 0.05) is 41.9 Å². The van der Waals surface area contributed by atoms with Gasteiger partial charge in [-0.25, -0.2) is 0 Å². The lowest BCUT2D eigenvalue weighted by Gasteiger charge is -2.28.